The van der Waals surface area contributed by atoms with E-state index in [2.05, 4.69) is 0 Å². The van der Waals surface area contributed by atoms with Gasteiger partial charge >= 0.3 is 0 Å². The Morgan fingerprint density at radius 1 is 1.03 bits per heavy atom. The first-order valence-electron chi connectivity index (χ1n) is 10.9. The Morgan fingerprint density at radius 3 is 2.59 bits per heavy atom. The summed E-state index contributed by atoms with van der Waals surface area (Å²) in [5.41, 5.74) is 1.63. The molecule has 10 nitrogen and oxygen atoms in total. The highest BCUT2D eigenvalue weighted by Gasteiger charge is 2.44. The van der Waals surface area contributed by atoms with E-state index < -0.39 is 37.3 Å². The minimum Gasteiger partial charge on any atom is -0.463 e. The lowest BCUT2D eigenvalue weighted by Crippen LogP contribution is -2.60. The minimum absolute atomic E-state index is 0.127. The average Bonchev–Trinajstić information content (AvgIpc) is 3.32. The van der Waals surface area contributed by atoms with Crippen LogP contribution >= 0.6 is 0 Å². The van der Waals surface area contributed by atoms with Crippen molar-refractivity contribution in [2.24, 2.45) is 0 Å². The highest BCUT2D eigenvalue weighted by Crippen LogP contribution is 2.36. The second-order valence-corrected chi connectivity index (χ2v) is 8.17. The lowest BCUT2D eigenvalue weighted by atomic mass is 9.99. The van der Waals surface area contributed by atoms with E-state index in [0.717, 1.165) is 0 Å². The van der Waals surface area contributed by atoms with Gasteiger partial charge in [-0.2, -0.15) is 0 Å². The van der Waals surface area contributed by atoms with Gasteiger partial charge in [0.2, 0.25) is 18.5 Å². The van der Waals surface area contributed by atoms with Crippen molar-refractivity contribution in [3.63, 3.8) is 0 Å². The largest absolute Gasteiger partial charge is 0.463 e. The van der Waals surface area contributed by atoms with Gasteiger partial charge in [0.1, 0.15) is 42.0 Å². The molecule has 0 bridgehead atoms. The van der Waals surface area contributed by atoms with Crippen LogP contribution in [0.4, 0.5) is 0 Å². The number of hydrogen-bond acceptors (Lipinski definition) is 10. The molecule has 34 heavy (non-hydrogen) atoms. The van der Waals surface area contributed by atoms with Crippen molar-refractivity contribution >= 4 is 11.0 Å². The van der Waals surface area contributed by atoms with Gasteiger partial charge in [-0.25, -0.2) is 0 Å². The van der Waals surface area contributed by atoms with Crippen LogP contribution in [0.2, 0.25) is 0 Å². The Labute approximate surface area is 193 Å². The Balaban J connectivity index is 1.50. The number of aryl methyl sites for hydroxylation is 1. The highest BCUT2D eigenvalue weighted by molar-refractivity contribution is 5.84. The molecule has 0 saturated carbocycles. The van der Waals surface area contributed by atoms with Gasteiger partial charge in [-0.15, -0.1) is 0 Å². The first-order valence-corrected chi connectivity index (χ1v) is 10.9. The summed E-state index contributed by atoms with van der Waals surface area (Å²) < 4.78 is 27.7. The molecule has 180 valence electrons. The maximum absolute atomic E-state index is 13.3. The molecule has 1 aromatic heterocycles. The lowest BCUT2D eigenvalue weighted by Gasteiger charge is -2.39. The minimum atomic E-state index is -1.57. The van der Waals surface area contributed by atoms with Gasteiger partial charge in [-0.1, -0.05) is 13.0 Å². The number of rotatable bonds is 5. The van der Waals surface area contributed by atoms with E-state index in [1.807, 2.05) is 6.92 Å². The molecule has 0 aliphatic carbocycles. The van der Waals surface area contributed by atoms with Crippen LogP contribution in [0.15, 0.2) is 45.8 Å². The molecule has 5 rings (SSSR count). The summed E-state index contributed by atoms with van der Waals surface area (Å²) in [5, 5.41) is 40.0. The van der Waals surface area contributed by atoms with Crippen LogP contribution in [0, 0.1) is 0 Å². The summed E-state index contributed by atoms with van der Waals surface area (Å²) in [6.45, 7) is 1.42. The Bertz CT molecular complexity index is 1270. The third-order valence-corrected chi connectivity index (χ3v) is 6.11. The van der Waals surface area contributed by atoms with Crippen molar-refractivity contribution in [1.29, 1.82) is 0 Å². The number of aliphatic hydroxyl groups excluding tert-OH is 4. The highest BCUT2D eigenvalue weighted by atomic mass is 16.7. The SMILES string of the molecule is CCc1cc2c(=O)c(-c3ccc4c(c3)OCO4)coc2cc1O[C@H]1O[C@H](CO)[C@@H](O)[C@H](O)[C@H]1O. The third kappa shape index (κ3) is 3.79. The summed E-state index contributed by atoms with van der Waals surface area (Å²) in [7, 11) is 0. The topological polar surface area (TPSA) is 148 Å². The normalized spacial score (nSPS) is 26.1. The molecule has 10 heteroatoms. The van der Waals surface area contributed by atoms with E-state index in [1.165, 1.54) is 12.3 Å². The van der Waals surface area contributed by atoms with Crippen molar-refractivity contribution in [1.82, 2.24) is 0 Å². The predicted molar refractivity (Wildman–Crippen MR) is 118 cm³/mol. The average molecular weight is 472 g/mol. The second kappa shape index (κ2) is 8.90. The molecule has 2 aliphatic rings. The number of hydrogen-bond donors (Lipinski definition) is 4. The van der Waals surface area contributed by atoms with Crippen LogP contribution in [-0.2, 0) is 11.2 Å². The van der Waals surface area contributed by atoms with E-state index in [4.69, 9.17) is 23.4 Å². The van der Waals surface area contributed by atoms with Gasteiger partial charge in [0.25, 0.3) is 0 Å². The Hall–Kier alpha value is -3.15. The van der Waals surface area contributed by atoms with E-state index >= 15 is 0 Å². The van der Waals surface area contributed by atoms with E-state index in [0.29, 0.717) is 40.0 Å². The van der Waals surface area contributed by atoms with Crippen LogP contribution in [0.5, 0.6) is 17.2 Å². The number of fused-ring (bicyclic) bond motifs is 2. The molecule has 4 N–H and O–H groups in total. The summed E-state index contributed by atoms with van der Waals surface area (Å²) in [6, 6.07) is 8.37. The summed E-state index contributed by atoms with van der Waals surface area (Å²) in [5.74, 6) is 1.44. The van der Waals surface area contributed by atoms with E-state index in [1.54, 1.807) is 24.3 Å². The predicted octanol–water partition coefficient (Wildman–Crippen LogP) is 0.930. The van der Waals surface area contributed by atoms with Crippen molar-refractivity contribution in [2.45, 2.75) is 44.1 Å². The molecular weight excluding hydrogens is 448 g/mol. The molecule has 1 fully saturated rings. The molecule has 0 spiro atoms. The Kier molecular flexibility index (Phi) is 5.92. The second-order valence-electron chi connectivity index (χ2n) is 8.17. The van der Waals surface area contributed by atoms with Gasteiger partial charge < -0.3 is 43.8 Å². The van der Waals surface area contributed by atoms with Crippen LogP contribution in [0.1, 0.15) is 12.5 Å². The first-order chi connectivity index (χ1) is 16.4. The molecule has 2 aliphatic heterocycles. The summed E-state index contributed by atoms with van der Waals surface area (Å²) in [6.07, 6.45) is -5.23. The zero-order chi connectivity index (χ0) is 24.0. The fraction of sp³-hybridized carbons (Fsp3) is 0.375. The Morgan fingerprint density at radius 2 is 1.82 bits per heavy atom. The molecule has 0 radical (unpaired) electrons. The fourth-order valence-corrected chi connectivity index (χ4v) is 4.14. The van der Waals surface area contributed by atoms with Gasteiger partial charge in [-0.3, -0.25) is 4.79 Å². The smallest absolute Gasteiger partial charge is 0.231 e. The lowest BCUT2D eigenvalue weighted by molar-refractivity contribution is -0.277. The van der Waals surface area contributed by atoms with Gasteiger partial charge in [0, 0.05) is 6.07 Å². The molecular formula is C24H24O10. The van der Waals surface area contributed by atoms with Gasteiger partial charge in [0.05, 0.1) is 17.6 Å². The molecule has 3 heterocycles. The maximum atomic E-state index is 13.3. The first kappa shape index (κ1) is 22.6. The van der Waals surface area contributed by atoms with Crippen molar-refractivity contribution in [3.05, 3.63) is 52.4 Å². The third-order valence-electron chi connectivity index (χ3n) is 6.11. The fourth-order valence-electron chi connectivity index (χ4n) is 4.14. The summed E-state index contributed by atoms with van der Waals surface area (Å²) in [4.78, 5) is 13.3. The van der Waals surface area contributed by atoms with Crippen molar-refractivity contribution in [2.75, 3.05) is 13.4 Å². The van der Waals surface area contributed by atoms with Crippen LogP contribution < -0.4 is 19.6 Å². The molecule has 3 aromatic rings. The molecule has 2 aromatic carbocycles. The molecule has 0 amide bonds. The standard InChI is InChI=1S/C24H24O10/c1-2-11-5-13-17(7-16(11)33-24-23(29)22(28)21(27)19(8-25)34-24)30-9-14(20(13)26)12-3-4-15-18(6-12)32-10-31-15/h3-7,9,19,21-25,27-29H,2,8,10H2,1H3/t19-,21-,22+,23-,24+/m1/s1. The van der Waals surface area contributed by atoms with Gasteiger partial charge in [-0.05, 0) is 35.7 Å². The molecule has 5 atom stereocenters. The van der Waals surface area contributed by atoms with E-state index in [9.17, 15) is 25.2 Å². The van der Waals surface area contributed by atoms with Crippen LogP contribution in [-0.4, -0.2) is 64.5 Å². The molecule has 1 saturated heterocycles. The van der Waals surface area contributed by atoms with Crippen LogP contribution in [0.25, 0.3) is 22.1 Å². The maximum Gasteiger partial charge on any atom is 0.231 e. The van der Waals surface area contributed by atoms with Gasteiger partial charge in [0.15, 0.2) is 11.5 Å². The summed E-state index contributed by atoms with van der Waals surface area (Å²) >= 11 is 0. The zero-order valence-corrected chi connectivity index (χ0v) is 18.2. The molecule has 0 unspecified atom stereocenters. The number of aliphatic hydroxyl groups is 4. The zero-order valence-electron chi connectivity index (χ0n) is 18.2. The number of ether oxygens (including phenoxy) is 4. The number of benzene rings is 2. The van der Waals surface area contributed by atoms with Crippen molar-refractivity contribution in [3.8, 4) is 28.4 Å². The monoisotopic (exact) mass is 472 g/mol. The van der Waals surface area contributed by atoms with E-state index in [-0.39, 0.29) is 23.6 Å². The quantitative estimate of drug-likeness (QED) is 0.423. The van der Waals surface area contributed by atoms with Crippen molar-refractivity contribution < 1.29 is 43.8 Å². The van der Waals surface area contributed by atoms with Crippen LogP contribution in [0.3, 0.4) is 0 Å².